The van der Waals surface area contributed by atoms with Gasteiger partial charge in [-0.15, -0.1) is 0 Å². The number of ether oxygens (including phenoxy) is 1. The number of allylic oxidation sites excluding steroid dienone is 1. The first-order chi connectivity index (χ1) is 5.69. The highest BCUT2D eigenvalue weighted by atomic mass is 16.5. The number of hydrogen-bond donors (Lipinski definition) is 0. The Balaban J connectivity index is 2.69. The van der Waals surface area contributed by atoms with Crippen molar-refractivity contribution in [3.05, 3.63) is 12.2 Å². The van der Waals surface area contributed by atoms with Crippen LogP contribution in [0.2, 0.25) is 0 Å². The average molecular weight is 168 g/mol. The Morgan fingerprint density at radius 1 is 1.67 bits per heavy atom. The van der Waals surface area contributed by atoms with Crippen LogP contribution in [-0.2, 0) is 14.3 Å². The third-order valence-corrected chi connectivity index (χ3v) is 2.23. The molecule has 0 radical (unpaired) electrons. The number of esters is 1. The first-order valence-corrected chi connectivity index (χ1v) is 3.88. The summed E-state index contributed by atoms with van der Waals surface area (Å²) in [5.41, 5.74) is 0.961. The highest BCUT2D eigenvalue weighted by Gasteiger charge is 2.35. The van der Waals surface area contributed by atoms with Crippen molar-refractivity contribution in [3.63, 3.8) is 0 Å². The van der Waals surface area contributed by atoms with Gasteiger partial charge in [0.2, 0.25) is 0 Å². The normalized spacial score (nSPS) is 28.6. The van der Waals surface area contributed by atoms with E-state index in [2.05, 4.69) is 11.3 Å². The van der Waals surface area contributed by atoms with Gasteiger partial charge >= 0.3 is 5.97 Å². The smallest absolute Gasteiger partial charge is 0.309 e. The summed E-state index contributed by atoms with van der Waals surface area (Å²) >= 11 is 0. The summed E-state index contributed by atoms with van der Waals surface area (Å²) in [5.74, 6) is -0.810. The summed E-state index contributed by atoms with van der Waals surface area (Å²) in [6.07, 6.45) is 2.04. The van der Waals surface area contributed by atoms with E-state index in [0.29, 0.717) is 12.8 Å². The van der Waals surface area contributed by atoms with Crippen LogP contribution in [0.4, 0.5) is 0 Å². The van der Waals surface area contributed by atoms with Crippen molar-refractivity contribution in [2.45, 2.75) is 12.8 Å². The molecule has 0 spiro atoms. The molecule has 12 heavy (non-hydrogen) atoms. The van der Waals surface area contributed by atoms with Crippen molar-refractivity contribution in [3.8, 4) is 0 Å². The molecule has 1 rings (SSSR count). The van der Waals surface area contributed by atoms with Gasteiger partial charge in [-0.2, -0.15) is 0 Å². The largest absolute Gasteiger partial charge is 0.469 e. The fourth-order valence-corrected chi connectivity index (χ4v) is 1.57. The van der Waals surface area contributed by atoms with Gasteiger partial charge in [0.05, 0.1) is 13.0 Å². The maximum absolute atomic E-state index is 11.1. The number of methoxy groups -OCH3 is 1. The van der Waals surface area contributed by atoms with Gasteiger partial charge in [-0.3, -0.25) is 4.79 Å². The van der Waals surface area contributed by atoms with Crippen molar-refractivity contribution >= 4 is 12.3 Å². The molecule has 0 heterocycles. The predicted molar refractivity (Wildman–Crippen MR) is 43.4 cm³/mol. The van der Waals surface area contributed by atoms with Gasteiger partial charge in [-0.1, -0.05) is 12.2 Å². The third-order valence-electron chi connectivity index (χ3n) is 2.23. The minimum atomic E-state index is -0.300. The highest BCUT2D eigenvalue weighted by Crippen LogP contribution is 2.34. The number of hydrogen-bond acceptors (Lipinski definition) is 3. The third kappa shape index (κ3) is 1.55. The molecule has 1 aliphatic rings. The molecular weight excluding hydrogens is 156 g/mol. The zero-order valence-electron chi connectivity index (χ0n) is 7.08. The van der Waals surface area contributed by atoms with Crippen LogP contribution in [0.15, 0.2) is 12.2 Å². The van der Waals surface area contributed by atoms with Gasteiger partial charge in [0.1, 0.15) is 6.29 Å². The first kappa shape index (κ1) is 8.97. The molecule has 0 saturated heterocycles. The number of rotatable bonds is 2. The Bertz CT molecular complexity index is 220. The van der Waals surface area contributed by atoms with Gasteiger partial charge in [0.15, 0.2) is 0 Å². The van der Waals surface area contributed by atoms with Crippen molar-refractivity contribution in [2.75, 3.05) is 7.11 Å². The Kier molecular flexibility index (Phi) is 2.63. The zero-order valence-corrected chi connectivity index (χ0v) is 7.08. The van der Waals surface area contributed by atoms with Gasteiger partial charge in [0.25, 0.3) is 0 Å². The van der Waals surface area contributed by atoms with E-state index in [4.69, 9.17) is 0 Å². The van der Waals surface area contributed by atoms with Crippen molar-refractivity contribution in [2.24, 2.45) is 11.8 Å². The van der Waals surface area contributed by atoms with Crippen LogP contribution in [0, 0.1) is 11.8 Å². The van der Waals surface area contributed by atoms with Gasteiger partial charge in [-0.25, -0.2) is 0 Å². The van der Waals surface area contributed by atoms with Crippen LogP contribution in [0.1, 0.15) is 12.8 Å². The van der Waals surface area contributed by atoms with Gasteiger partial charge < -0.3 is 9.53 Å². The second-order valence-electron chi connectivity index (χ2n) is 3.09. The summed E-state index contributed by atoms with van der Waals surface area (Å²) < 4.78 is 4.58. The molecule has 0 aromatic rings. The Morgan fingerprint density at radius 2 is 2.33 bits per heavy atom. The van der Waals surface area contributed by atoms with E-state index in [1.165, 1.54) is 7.11 Å². The molecule has 66 valence electrons. The lowest BCUT2D eigenvalue weighted by Crippen LogP contribution is -2.20. The summed E-state index contributed by atoms with van der Waals surface area (Å²) in [6.45, 7) is 3.75. The molecule has 1 aliphatic carbocycles. The fourth-order valence-electron chi connectivity index (χ4n) is 1.57. The van der Waals surface area contributed by atoms with E-state index >= 15 is 0 Å². The van der Waals surface area contributed by atoms with E-state index in [1.54, 1.807) is 0 Å². The van der Waals surface area contributed by atoms with E-state index in [-0.39, 0.29) is 17.8 Å². The number of aldehydes is 1. The number of carbonyl (C=O) groups is 2. The topological polar surface area (TPSA) is 43.4 Å². The van der Waals surface area contributed by atoms with Crippen LogP contribution in [0.3, 0.4) is 0 Å². The van der Waals surface area contributed by atoms with Crippen LogP contribution >= 0.6 is 0 Å². The summed E-state index contributed by atoms with van der Waals surface area (Å²) in [7, 11) is 1.34. The predicted octanol–water partition coefficient (Wildman–Crippen LogP) is 0.941. The lowest BCUT2D eigenvalue weighted by Gasteiger charge is -2.09. The molecular formula is C9H12O3. The molecule has 2 atom stereocenters. The van der Waals surface area contributed by atoms with Gasteiger partial charge in [-0.05, 0) is 12.8 Å². The lowest BCUT2D eigenvalue weighted by atomic mass is 9.98. The maximum atomic E-state index is 11.1. The average Bonchev–Trinajstić information content (AvgIpc) is 2.45. The Labute approximate surface area is 71.4 Å². The monoisotopic (exact) mass is 168 g/mol. The standard InChI is InChI=1S/C9H12O3/c1-6-3-7(5-10)8(4-6)9(11)12-2/h5,7-8H,1,3-4H2,2H3. The van der Waals surface area contributed by atoms with Crippen LogP contribution in [-0.4, -0.2) is 19.4 Å². The van der Waals surface area contributed by atoms with Gasteiger partial charge in [0, 0.05) is 5.92 Å². The maximum Gasteiger partial charge on any atom is 0.309 e. The molecule has 1 saturated carbocycles. The SMILES string of the molecule is C=C1CC(C=O)C(C(=O)OC)C1. The first-order valence-electron chi connectivity index (χ1n) is 3.88. The molecule has 0 bridgehead atoms. The lowest BCUT2D eigenvalue weighted by molar-refractivity contribution is -0.147. The highest BCUT2D eigenvalue weighted by molar-refractivity contribution is 5.78. The minimum Gasteiger partial charge on any atom is -0.469 e. The second-order valence-corrected chi connectivity index (χ2v) is 3.09. The molecule has 0 N–H and O–H groups in total. The summed E-state index contributed by atoms with van der Waals surface area (Å²) in [5, 5.41) is 0. The zero-order chi connectivity index (χ0) is 9.14. The summed E-state index contributed by atoms with van der Waals surface area (Å²) in [6, 6.07) is 0. The van der Waals surface area contributed by atoms with Crippen LogP contribution in [0.5, 0.6) is 0 Å². The molecule has 3 nitrogen and oxygen atoms in total. The molecule has 2 unspecified atom stereocenters. The Hall–Kier alpha value is -1.12. The quantitative estimate of drug-likeness (QED) is 0.350. The molecule has 0 aromatic heterocycles. The number of carbonyl (C=O) groups excluding carboxylic acids is 2. The molecule has 0 aliphatic heterocycles. The molecule has 3 heteroatoms. The van der Waals surface area contributed by atoms with Crippen molar-refractivity contribution in [1.82, 2.24) is 0 Å². The second kappa shape index (κ2) is 3.52. The van der Waals surface area contributed by atoms with Crippen molar-refractivity contribution in [1.29, 1.82) is 0 Å². The van der Waals surface area contributed by atoms with Crippen LogP contribution < -0.4 is 0 Å². The van der Waals surface area contributed by atoms with Crippen LogP contribution in [0.25, 0.3) is 0 Å². The van der Waals surface area contributed by atoms with E-state index < -0.39 is 0 Å². The molecule has 1 fully saturated rings. The summed E-state index contributed by atoms with van der Waals surface area (Å²) in [4.78, 5) is 21.6. The molecule has 0 aromatic carbocycles. The van der Waals surface area contributed by atoms with Crippen molar-refractivity contribution < 1.29 is 14.3 Å². The Morgan fingerprint density at radius 3 is 2.83 bits per heavy atom. The fraction of sp³-hybridized carbons (Fsp3) is 0.556. The van der Waals surface area contributed by atoms with E-state index in [1.807, 2.05) is 0 Å². The molecule has 0 amide bonds. The van der Waals surface area contributed by atoms with E-state index in [9.17, 15) is 9.59 Å². The minimum absolute atomic E-state index is 0.218. The van der Waals surface area contributed by atoms with E-state index in [0.717, 1.165) is 11.9 Å².